The molecule has 0 N–H and O–H groups in total. The molecule has 0 aromatic carbocycles. The maximum absolute atomic E-state index is 11.5. The van der Waals surface area contributed by atoms with Gasteiger partial charge in [-0.2, -0.15) is 5.10 Å². The van der Waals surface area contributed by atoms with Gasteiger partial charge >= 0.3 is 0 Å². The number of hydrogen-bond donors (Lipinski definition) is 0. The molecule has 2 heterocycles. The van der Waals surface area contributed by atoms with Gasteiger partial charge in [0.05, 0.1) is 0 Å². The largest absolute Gasteiger partial charge is 0.303 e. The summed E-state index contributed by atoms with van der Waals surface area (Å²) in [4.78, 5) is 13.9. The third kappa shape index (κ3) is 3.82. The summed E-state index contributed by atoms with van der Waals surface area (Å²) in [5.74, 6) is 0. The van der Waals surface area contributed by atoms with Gasteiger partial charge in [0.2, 0.25) is 0 Å². The van der Waals surface area contributed by atoms with Crippen LogP contribution in [0.5, 0.6) is 0 Å². The van der Waals surface area contributed by atoms with E-state index in [2.05, 4.69) is 10.00 Å². The van der Waals surface area contributed by atoms with Crippen molar-refractivity contribution in [3.63, 3.8) is 0 Å². The fraction of sp³-hybridized carbons (Fsp3) is 0.667. The smallest absolute Gasteiger partial charge is 0.266 e. The van der Waals surface area contributed by atoms with Gasteiger partial charge in [0, 0.05) is 12.6 Å². The zero-order valence-corrected chi connectivity index (χ0v) is 10.7. The minimum absolute atomic E-state index is 0.0759. The monoisotopic (exact) mass is 255 g/mol. The van der Waals surface area contributed by atoms with E-state index in [0.717, 1.165) is 13.0 Å². The molecular formula is C12H18ClN3O. The molecule has 0 bridgehead atoms. The number of likely N-dealkylation sites (tertiary alicyclic amines) is 1. The standard InChI is InChI=1S/C12H18ClN3O/c13-11-5-6-12(17)16(14-11)10-4-9-15-7-2-1-3-8-15/h5-6H,1-4,7-10H2. The third-order valence-corrected chi connectivity index (χ3v) is 3.33. The molecule has 1 aromatic heterocycles. The van der Waals surface area contributed by atoms with Crippen molar-refractivity contribution in [2.45, 2.75) is 32.2 Å². The molecule has 1 fully saturated rings. The van der Waals surface area contributed by atoms with Crippen molar-refractivity contribution in [1.82, 2.24) is 14.7 Å². The highest BCUT2D eigenvalue weighted by Gasteiger charge is 2.09. The molecule has 0 radical (unpaired) electrons. The van der Waals surface area contributed by atoms with Crippen LogP contribution in [0.2, 0.25) is 5.15 Å². The van der Waals surface area contributed by atoms with E-state index >= 15 is 0 Å². The molecule has 94 valence electrons. The van der Waals surface area contributed by atoms with E-state index in [-0.39, 0.29) is 5.56 Å². The van der Waals surface area contributed by atoms with Crippen LogP contribution in [0.1, 0.15) is 25.7 Å². The van der Waals surface area contributed by atoms with Gasteiger partial charge < -0.3 is 4.90 Å². The zero-order chi connectivity index (χ0) is 12.1. The number of rotatable bonds is 4. The molecule has 2 rings (SSSR count). The van der Waals surface area contributed by atoms with Gasteiger partial charge in [-0.1, -0.05) is 18.0 Å². The molecule has 1 saturated heterocycles. The van der Waals surface area contributed by atoms with Crippen molar-refractivity contribution >= 4 is 11.6 Å². The van der Waals surface area contributed by atoms with Crippen molar-refractivity contribution in [1.29, 1.82) is 0 Å². The number of hydrogen-bond acceptors (Lipinski definition) is 3. The average molecular weight is 256 g/mol. The van der Waals surface area contributed by atoms with Crippen LogP contribution >= 0.6 is 11.6 Å². The Morgan fingerprint density at radius 2 is 1.94 bits per heavy atom. The lowest BCUT2D eigenvalue weighted by molar-refractivity contribution is 0.221. The van der Waals surface area contributed by atoms with Gasteiger partial charge in [-0.3, -0.25) is 4.79 Å². The van der Waals surface area contributed by atoms with Crippen molar-refractivity contribution in [2.24, 2.45) is 0 Å². The van der Waals surface area contributed by atoms with E-state index in [1.807, 2.05) is 0 Å². The predicted molar refractivity (Wildman–Crippen MR) is 68.4 cm³/mol. The summed E-state index contributed by atoms with van der Waals surface area (Å²) in [6, 6.07) is 3.00. The number of nitrogens with zero attached hydrogens (tertiary/aromatic N) is 3. The van der Waals surface area contributed by atoms with E-state index in [1.54, 1.807) is 0 Å². The topological polar surface area (TPSA) is 38.1 Å². The second-order valence-electron chi connectivity index (χ2n) is 4.47. The van der Waals surface area contributed by atoms with Gasteiger partial charge in [-0.25, -0.2) is 4.68 Å². The minimum atomic E-state index is -0.0759. The third-order valence-electron chi connectivity index (χ3n) is 3.13. The lowest BCUT2D eigenvalue weighted by Crippen LogP contribution is -2.32. The summed E-state index contributed by atoms with van der Waals surface area (Å²) < 4.78 is 1.45. The molecule has 0 atom stereocenters. The second kappa shape index (κ2) is 6.17. The Hall–Kier alpha value is -0.870. The van der Waals surface area contributed by atoms with Gasteiger partial charge in [-0.15, -0.1) is 0 Å². The number of aromatic nitrogens is 2. The Balaban J connectivity index is 1.81. The van der Waals surface area contributed by atoms with E-state index < -0.39 is 0 Å². The maximum Gasteiger partial charge on any atom is 0.266 e. The minimum Gasteiger partial charge on any atom is -0.303 e. The number of piperidine rings is 1. The molecule has 1 aliphatic rings. The molecule has 0 spiro atoms. The van der Waals surface area contributed by atoms with E-state index in [1.165, 1.54) is 49.2 Å². The van der Waals surface area contributed by atoms with Crippen LogP contribution in [0, 0.1) is 0 Å². The van der Waals surface area contributed by atoms with Gasteiger partial charge in [0.25, 0.3) is 5.56 Å². The van der Waals surface area contributed by atoms with Gasteiger partial charge in [-0.05, 0) is 45.0 Å². The summed E-state index contributed by atoms with van der Waals surface area (Å²) >= 11 is 5.76. The van der Waals surface area contributed by atoms with Crippen LogP contribution < -0.4 is 5.56 Å². The van der Waals surface area contributed by atoms with Crippen LogP contribution in [-0.4, -0.2) is 34.3 Å². The normalized spacial score (nSPS) is 17.2. The fourth-order valence-electron chi connectivity index (χ4n) is 2.21. The lowest BCUT2D eigenvalue weighted by Gasteiger charge is -2.26. The van der Waals surface area contributed by atoms with Crippen LogP contribution in [-0.2, 0) is 6.54 Å². The van der Waals surface area contributed by atoms with Gasteiger partial charge in [0.15, 0.2) is 0 Å². The molecule has 0 unspecified atom stereocenters. The van der Waals surface area contributed by atoms with Crippen LogP contribution in [0.25, 0.3) is 0 Å². The first-order valence-corrected chi connectivity index (χ1v) is 6.59. The second-order valence-corrected chi connectivity index (χ2v) is 4.86. The van der Waals surface area contributed by atoms with E-state index in [4.69, 9.17) is 11.6 Å². The molecular weight excluding hydrogens is 238 g/mol. The summed E-state index contributed by atoms with van der Waals surface area (Å²) in [5.41, 5.74) is -0.0759. The summed E-state index contributed by atoms with van der Waals surface area (Å²) in [7, 11) is 0. The van der Waals surface area contributed by atoms with Crippen molar-refractivity contribution in [3.8, 4) is 0 Å². The van der Waals surface area contributed by atoms with Gasteiger partial charge in [0.1, 0.15) is 5.15 Å². The molecule has 1 aromatic rings. The highest BCUT2D eigenvalue weighted by molar-refractivity contribution is 6.29. The lowest BCUT2D eigenvalue weighted by atomic mass is 10.1. The number of halogens is 1. The Labute approximate surface area is 106 Å². The zero-order valence-electron chi connectivity index (χ0n) is 9.94. The molecule has 0 aliphatic carbocycles. The first-order chi connectivity index (χ1) is 8.25. The fourth-order valence-corrected chi connectivity index (χ4v) is 2.37. The molecule has 17 heavy (non-hydrogen) atoms. The van der Waals surface area contributed by atoms with E-state index in [9.17, 15) is 4.79 Å². The molecule has 0 saturated carbocycles. The Bertz CT molecular complexity index is 412. The highest BCUT2D eigenvalue weighted by atomic mass is 35.5. The Kier molecular flexibility index (Phi) is 4.57. The summed E-state index contributed by atoms with van der Waals surface area (Å²) in [5, 5.41) is 4.38. The highest BCUT2D eigenvalue weighted by Crippen LogP contribution is 2.08. The molecule has 1 aliphatic heterocycles. The van der Waals surface area contributed by atoms with Crippen LogP contribution in [0.15, 0.2) is 16.9 Å². The first kappa shape index (κ1) is 12.6. The number of aryl methyl sites for hydroxylation is 1. The SMILES string of the molecule is O=c1ccc(Cl)nn1CCCN1CCCCC1. The van der Waals surface area contributed by atoms with Crippen molar-refractivity contribution in [3.05, 3.63) is 27.6 Å². The van der Waals surface area contributed by atoms with Crippen molar-refractivity contribution in [2.75, 3.05) is 19.6 Å². The molecule has 4 nitrogen and oxygen atoms in total. The summed E-state index contributed by atoms with van der Waals surface area (Å²) in [6.45, 7) is 4.08. The average Bonchev–Trinajstić information content (AvgIpc) is 2.35. The Morgan fingerprint density at radius 3 is 2.71 bits per heavy atom. The maximum atomic E-state index is 11.5. The molecule has 0 amide bonds. The Morgan fingerprint density at radius 1 is 1.18 bits per heavy atom. The molecule has 5 heteroatoms. The first-order valence-electron chi connectivity index (χ1n) is 6.22. The predicted octanol–water partition coefficient (Wildman–Crippen LogP) is 1.77. The van der Waals surface area contributed by atoms with E-state index in [0.29, 0.717) is 11.7 Å². The van der Waals surface area contributed by atoms with Crippen LogP contribution in [0.3, 0.4) is 0 Å². The summed E-state index contributed by atoms with van der Waals surface area (Å²) in [6.07, 6.45) is 4.91. The van der Waals surface area contributed by atoms with Crippen molar-refractivity contribution < 1.29 is 0 Å². The van der Waals surface area contributed by atoms with Crippen LogP contribution in [0.4, 0.5) is 0 Å². The quantitative estimate of drug-likeness (QED) is 0.823.